The van der Waals surface area contributed by atoms with Crippen LogP contribution >= 0.6 is 15.9 Å². The predicted molar refractivity (Wildman–Crippen MR) is 132 cm³/mol. The molecule has 2 N–H and O–H groups in total. The first-order valence-electron chi connectivity index (χ1n) is 10.4. The number of nitrogens with zero attached hydrogens (tertiary/aromatic N) is 4. The lowest BCUT2D eigenvalue weighted by Crippen LogP contribution is -2.24. The maximum atomic E-state index is 12.8. The van der Waals surface area contributed by atoms with Crippen molar-refractivity contribution in [3.8, 4) is 11.5 Å². The van der Waals surface area contributed by atoms with E-state index in [0.29, 0.717) is 35.1 Å². The van der Waals surface area contributed by atoms with E-state index in [0.717, 1.165) is 15.7 Å². The van der Waals surface area contributed by atoms with Crippen LogP contribution in [0.25, 0.3) is 0 Å². The zero-order chi connectivity index (χ0) is 23.9. The van der Waals surface area contributed by atoms with Crippen LogP contribution in [0, 0.1) is 0 Å². The first kappa shape index (κ1) is 23.2. The van der Waals surface area contributed by atoms with Crippen LogP contribution in [-0.2, 0) is 13.1 Å². The molecular weight excluding hydrogens is 500 g/mol. The maximum Gasteiger partial charge on any atom is 0.255 e. The van der Waals surface area contributed by atoms with Crippen molar-refractivity contribution in [3.63, 3.8) is 0 Å². The molecule has 0 unspecified atom stereocenters. The Labute approximate surface area is 205 Å². The fraction of sp³-hybridized carbons (Fsp3) is 0.167. The highest BCUT2D eigenvalue weighted by Crippen LogP contribution is 2.23. The van der Waals surface area contributed by atoms with Crippen LogP contribution in [0.2, 0.25) is 0 Å². The van der Waals surface area contributed by atoms with Gasteiger partial charge in [0.15, 0.2) is 0 Å². The molecule has 34 heavy (non-hydrogen) atoms. The second-order valence-electron chi connectivity index (χ2n) is 7.34. The van der Waals surface area contributed by atoms with Crippen molar-refractivity contribution < 1.29 is 14.3 Å². The molecule has 4 rings (SSSR count). The van der Waals surface area contributed by atoms with Crippen molar-refractivity contribution in [2.75, 3.05) is 19.5 Å². The summed E-state index contributed by atoms with van der Waals surface area (Å²) in [5.41, 5.74) is 2.85. The van der Waals surface area contributed by atoms with Gasteiger partial charge in [0.05, 0.1) is 39.1 Å². The van der Waals surface area contributed by atoms with E-state index in [4.69, 9.17) is 9.47 Å². The first-order valence-corrected chi connectivity index (χ1v) is 11.2. The van der Waals surface area contributed by atoms with Crippen molar-refractivity contribution in [1.82, 2.24) is 25.3 Å². The third-order valence-corrected chi connectivity index (χ3v) is 5.46. The van der Waals surface area contributed by atoms with Gasteiger partial charge in [0, 0.05) is 22.4 Å². The number of aromatic nitrogens is 4. The molecule has 10 heteroatoms. The van der Waals surface area contributed by atoms with Gasteiger partial charge in [0.25, 0.3) is 5.91 Å². The summed E-state index contributed by atoms with van der Waals surface area (Å²) in [4.78, 5) is 17.2. The van der Waals surface area contributed by atoms with Gasteiger partial charge < -0.3 is 20.1 Å². The molecule has 174 valence electrons. The number of anilines is 2. The average molecular weight is 523 g/mol. The van der Waals surface area contributed by atoms with Gasteiger partial charge in [-0.3, -0.25) is 4.79 Å². The predicted octanol–water partition coefficient (Wildman–Crippen LogP) is 4.17. The number of carbonyl (C=O) groups excluding carboxylic acids is 1. The number of ether oxygens (including phenoxy) is 2. The minimum absolute atomic E-state index is 0.229. The lowest BCUT2D eigenvalue weighted by atomic mass is 10.2. The zero-order valence-electron chi connectivity index (χ0n) is 18.7. The van der Waals surface area contributed by atoms with Gasteiger partial charge >= 0.3 is 0 Å². The Morgan fingerprint density at radius 2 is 1.79 bits per heavy atom. The largest absolute Gasteiger partial charge is 0.497 e. The second kappa shape index (κ2) is 10.8. The number of amides is 1. The van der Waals surface area contributed by atoms with Crippen LogP contribution in [0.15, 0.2) is 71.5 Å². The highest BCUT2D eigenvalue weighted by atomic mass is 79.9. The lowest BCUT2D eigenvalue weighted by molar-refractivity contribution is 0.0951. The summed E-state index contributed by atoms with van der Waals surface area (Å²) in [6.45, 7) is 0.714. The van der Waals surface area contributed by atoms with E-state index in [1.165, 1.54) is 0 Å². The molecule has 0 saturated heterocycles. The Balaban J connectivity index is 1.40. The minimum atomic E-state index is -0.264. The molecule has 0 spiro atoms. The zero-order valence-corrected chi connectivity index (χ0v) is 20.2. The number of benzene rings is 2. The van der Waals surface area contributed by atoms with Crippen molar-refractivity contribution >= 4 is 33.3 Å². The summed E-state index contributed by atoms with van der Waals surface area (Å²) in [7, 11) is 3.22. The second-order valence-corrected chi connectivity index (χ2v) is 8.26. The molecule has 2 aromatic carbocycles. The molecule has 1 amide bonds. The van der Waals surface area contributed by atoms with E-state index in [2.05, 4.69) is 41.9 Å². The number of methoxy groups -OCH3 is 2. The molecule has 0 aliphatic heterocycles. The average Bonchev–Trinajstić information content (AvgIpc) is 3.31. The molecule has 2 aromatic heterocycles. The van der Waals surface area contributed by atoms with Crippen molar-refractivity contribution in [2.45, 2.75) is 13.1 Å². The lowest BCUT2D eigenvalue weighted by Gasteiger charge is -2.11. The van der Waals surface area contributed by atoms with E-state index < -0.39 is 0 Å². The number of pyridine rings is 1. The highest BCUT2D eigenvalue weighted by molar-refractivity contribution is 9.10. The molecule has 9 nitrogen and oxygen atoms in total. The summed E-state index contributed by atoms with van der Waals surface area (Å²) < 4.78 is 13.3. The fourth-order valence-electron chi connectivity index (χ4n) is 3.27. The van der Waals surface area contributed by atoms with E-state index >= 15 is 0 Å². The molecular formula is C24H23BrN6O3. The molecule has 0 saturated carbocycles. The standard InChI is InChI=1S/C24H23BrN6O3/c1-33-20-10-16(11-21(12-20)34-2)14-31-15-19(29-30-31)13-27-24(32)22-4-3-9-26-23(22)28-18-7-5-17(25)6-8-18/h3-12,15H,13-14H2,1-2H3,(H,26,28)(H,27,32). The quantitative estimate of drug-likeness (QED) is 0.340. The molecule has 0 aliphatic rings. The molecule has 0 aliphatic carbocycles. The number of nitrogens with one attached hydrogen (secondary N) is 2. The maximum absolute atomic E-state index is 12.8. The Morgan fingerprint density at radius 1 is 1.06 bits per heavy atom. The first-order chi connectivity index (χ1) is 16.5. The van der Waals surface area contributed by atoms with E-state index in [1.54, 1.807) is 43.4 Å². The summed E-state index contributed by atoms with van der Waals surface area (Å²) in [5.74, 6) is 1.61. The van der Waals surface area contributed by atoms with Crippen LogP contribution in [0.4, 0.5) is 11.5 Å². The van der Waals surface area contributed by atoms with Crippen molar-refractivity contribution in [2.24, 2.45) is 0 Å². The molecule has 0 bridgehead atoms. The van der Waals surface area contributed by atoms with Crippen LogP contribution in [0.3, 0.4) is 0 Å². The number of halogens is 1. The Morgan fingerprint density at radius 3 is 2.50 bits per heavy atom. The monoisotopic (exact) mass is 522 g/mol. The number of hydrogen-bond acceptors (Lipinski definition) is 7. The smallest absolute Gasteiger partial charge is 0.255 e. The van der Waals surface area contributed by atoms with Crippen LogP contribution in [-0.4, -0.2) is 40.1 Å². The summed E-state index contributed by atoms with van der Waals surface area (Å²) >= 11 is 3.41. The third-order valence-electron chi connectivity index (χ3n) is 4.93. The molecule has 0 fully saturated rings. The number of rotatable bonds is 9. The fourth-order valence-corrected chi connectivity index (χ4v) is 3.53. The van der Waals surface area contributed by atoms with Gasteiger partial charge in [0.1, 0.15) is 23.0 Å². The van der Waals surface area contributed by atoms with Gasteiger partial charge in [-0.05, 0) is 54.1 Å². The molecule has 0 atom stereocenters. The Kier molecular flexibility index (Phi) is 7.38. The Bertz CT molecular complexity index is 1250. The van der Waals surface area contributed by atoms with Gasteiger partial charge in [-0.25, -0.2) is 9.67 Å². The third kappa shape index (κ3) is 5.90. The summed E-state index contributed by atoms with van der Waals surface area (Å²) in [5, 5.41) is 14.4. The van der Waals surface area contributed by atoms with E-state index in [-0.39, 0.29) is 12.5 Å². The van der Waals surface area contributed by atoms with Gasteiger partial charge in [-0.2, -0.15) is 0 Å². The van der Waals surface area contributed by atoms with E-state index in [9.17, 15) is 4.79 Å². The summed E-state index contributed by atoms with van der Waals surface area (Å²) in [6.07, 6.45) is 3.42. The van der Waals surface area contributed by atoms with Gasteiger partial charge in [0.2, 0.25) is 0 Å². The number of carbonyl (C=O) groups is 1. The molecule has 0 radical (unpaired) electrons. The van der Waals surface area contributed by atoms with Crippen LogP contribution < -0.4 is 20.1 Å². The van der Waals surface area contributed by atoms with Crippen LogP contribution in [0.5, 0.6) is 11.5 Å². The number of hydrogen-bond donors (Lipinski definition) is 2. The van der Waals surface area contributed by atoms with E-state index in [1.807, 2.05) is 42.5 Å². The molecule has 4 aromatic rings. The highest BCUT2D eigenvalue weighted by Gasteiger charge is 2.13. The van der Waals surface area contributed by atoms with Crippen LogP contribution in [0.1, 0.15) is 21.6 Å². The summed E-state index contributed by atoms with van der Waals surface area (Å²) in [6, 6.07) is 16.7. The van der Waals surface area contributed by atoms with Gasteiger partial charge in [-0.1, -0.05) is 21.1 Å². The van der Waals surface area contributed by atoms with Gasteiger partial charge in [-0.15, -0.1) is 5.10 Å². The SMILES string of the molecule is COc1cc(Cn2cc(CNC(=O)c3cccnc3Nc3ccc(Br)cc3)nn2)cc(OC)c1. The minimum Gasteiger partial charge on any atom is -0.497 e. The van der Waals surface area contributed by atoms with Crippen molar-refractivity contribution in [1.29, 1.82) is 0 Å². The van der Waals surface area contributed by atoms with Crippen molar-refractivity contribution in [3.05, 3.63) is 88.3 Å². The molecule has 2 heterocycles. The normalized spacial score (nSPS) is 10.6. The Hall–Kier alpha value is -3.92. The topological polar surface area (TPSA) is 103 Å².